The van der Waals surface area contributed by atoms with Crippen LogP contribution in [0.25, 0.3) is 0 Å². The van der Waals surface area contributed by atoms with Crippen molar-refractivity contribution >= 4 is 34.4 Å². The van der Waals surface area contributed by atoms with E-state index in [4.69, 9.17) is 11.6 Å². The lowest BCUT2D eigenvalue weighted by molar-refractivity contribution is -0.124. The maximum Gasteiger partial charge on any atom is 0.241 e. The van der Waals surface area contributed by atoms with E-state index >= 15 is 0 Å². The Morgan fingerprint density at radius 3 is 2.40 bits per heavy atom. The molecular formula is C19H27ClN2O2S. The van der Waals surface area contributed by atoms with Crippen LogP contribution < -0.4 is 10.6 Å². The van der Waals surface area contributed by atoms with Crippen molar-refractivity contribution in [1.29, 1.82) is 0 Å². The molecule has 1 aliphatic heterocycles. The van der Waals surface area contributed by atoms with E-state index in [0.29, 0.717) is 5.02 Å². The zero-order valence-corrected chi connectivity index (χ0v) is 16.5. The van der Waals surface area contributed by atoms with Gasteiger partial charge in [-0.25, -0.2) is 0 Å². The van der Waals surface area contributed by atoms with E-state index in [0.717, 1.165) is 43.4 Å². The molecule has 1 saturated heterocycles. The molecule has 2 unspecified atom stereocenters. The fourth-order valence-electron chi connectivity index (χ4n) is 3.10. The van der Waals surface area contributed by atoms with Crippen LogP contribution in [-0.2, 0) is 9.59 Å². The first-order valence-electron chi connectivity index (χ1n) is 9.03. The van der Waals surface area contributed by atoms with Crippen LogP contribution in [0.1, 0.15) is 57.6 Å². The third kappa shape index (κ3) is 6.01. The Morgan fingerprint density at radius 2 is 1.88 bits per heavy atom. The zero-order chi connectivity index (χ0) is 18.2. The van der Waals surface area contributed by atoms with Crippen molar-refractivity contribution in [1.82, 2.24) is 10.6 Å². The average molecular weight is 383 g/mol. The number of hydrogen-bond acceptors (Lipinski definition) is 4. The molecule has 0 spiro atoms. The van der Waals surface area contributed by atoms with Crippen molar-refractivity contribution in [3.05, 3.63) is 34.9 Å². The molecule has 4 nitrogen and oxygen atoms in total. The molecule has 138 valence electrons. The van der Waals surface area contributed by atoms with Crippen molar-refractivity contribution in [2.75, 3.05) is 5.75 Å². The summed E-state index contributed by atoms with van der Waals surface area (Å²) in [5, 5.41) is 7.18. The lowest BCUT2D eigenvalue weighted by Crippen LogP contribution is -2.46. The lowest BCUT2D eigenvalue weighted by Gasteiger charge is -2.25. The van der Waals surface area contributed by atoms with Gasteiger partial charge in [0.25, 0.3) is 0 Å². The van der Waals surface area contributed by atoms with Gasteiger partial charge in [-0.1, -0.05) is 62.2 Å². The molecule has 1 aromatic carbocycles. The van der Waals surface area contributed by atoms with Crippen molar-refractivity contribution in [3.63, 3.8) is 0 Å². The Hall–Kier alpha value is -1.04. The summed E-state index contributed by atoms with van der Waals surface area (Å²) in [6.07, 6.45) is 4.74. The van der Waals surface area contributed by atoms with Crippen LogP contribution in [0.5, 0.6) is 0 Å². The number of halogens is 1. The van der Waals surface area contributed by atoms with Crippen LogP contribution in [0.15, 0.2) is 24.3 Å². The second-order valence-corrected chi connectivity index (χ2v) is 7.98. The van der Waals surface area contributed by atoms with Gasteiger partial charge in [-0.3, -0.25) is 14.9 Å². The van der Waals surface area contributed by atoms with E-state index < -0.39 is 6.04 Å². The highest BCUT2D eigenvalue weighted by atomic mass is 35.5. The molecule has 1 aliphatic rings. The highest BCUT2D eigenvalue weighted by Gasteiger charge is 2.31. The number of rotatable bonds is 9. The largest absolute Gasteiger partial charge is 0.352 e. The monoisotopic (exact) mass is 382 g/mol. The van der Waals surface area contributed by atoms with E-state index in [2.05, 4.69) is 24.5 Å². The zero-order valence-electron chi connectivity index (χ0n) is 14.9. The topological polar surface area (TPSA) is 58.2 Å². The second-order valence-electron chi connectivity index (χ2n) is 6.44. The molecule has 0 aliphatic carbocycles. The molecule has 1 heterocycles. The summed E-state index contributed by atoms with van der Waals surface area (Å²) in [6, 6.07) is 6.61. The predicted molar refractivity (Wildman–Crippen MR) is 105 cm³/mol. The molecule has 0 radical (unpaired) electrons. The minimum atomic E-state index is -0.541. The summed E-state index contributed by atoms with van der Waals surface area (Å²) < 4.78 is 0. The van der Waals surface area contributed by atoms with Gasteiger partial charge in [-0.05, 0) is 37.0 Å². The van der Waals surface area contributed by atoms with Crippen LogP contribution >= 0.6 is 23.4 Å². The average Bonchev–Trinajstić information content (AvgIpc) is 2.99. The summed E-state index contributed by atoms with van der Waals surface area (Å²) in [4.78, 5) is 25.0. The predicted octanol–water partition coefficient (Wildman–Crippen LogP) is 4.09. The minimum Gasteiger partial charge on any atom is -0.352 e. The summed E-state index contributed by atoms with van der Waals surface area (Å²) in [6.45, 7) is 4.25. The molecule has 0 saturated carbocycles. The number of amides is 1. The normalized spacial score (nSPS) is 18.6. The molecule has 1 fully saturated rings. The van der Waals surface area contributed by atoms with Crippen molar-refractivity contribution in [2.45, 2.75) is 64.1 Å². The fourth-order valence-corrected chi connectivity index (χ4v) is 4.16. The van der Waals surface area contributed by atoms with Crippen LogP contribution in [0.2, 0.25) is 5.02 Å². The Bertz CT molecular complexity index is 573. The molecule has 0 bridgehead atoms. The van der Waals surface area contributed by atoms with Gasteiger partial charge in [0.05, 0.1) is 6.04 Å². The van der Waals surface area contributed by atoms with Crippen molar-refractivity contribution in [2.24, 2.45) is 0 Å². The molecule has 25 heavy (non-hydrogen) atoms. The van der Waals surface area contributed by atoms with Gasteiger partial charge in [0.1, 0.15) is 6.04 Å². The van der Waals surface area contributed by atoms with Crippen molar-refractivity contribution < 1.29 is 9.59 Å². The number of hydrogen-bond donors (Lipinski definition) is 2. The lowest BCUT2D eigenvalue weighted by atomic mass is 10.0. The quantitative estimate of drug-likeness (QED) is 0.675. The van der Waals surface area contributed by atoms with Gasteiger partial charge < -0.3 is 5.32 Å². The van der Waals surface area contributed by atoms with Crippen LogP contribution in [0, 0.1) is 0 Å². The highest BCUT2D eigenvalue weighted by molar-refractivity contribution is 8.14. The molecule has 2 atom stereocenters. The summed E-state index contributed by atoms with van der Waals surface area (Å²) in [5.41, 5.74) is 0.832. The SMILES string of the molecule is CCCC(CCC)NC(=O)C(NC1CCSC1=O)c1ccc(Cl)cc1. The van der Waals surface area contributed by atoms with E-state index in [-0.39, 0.29) is 23.1 Å². The maximum atomic E-state index is 13.0. The van der Waals surface area contributed by atoms with Gasteiger partial charge in [0.2, 0.25) is 11.0 Å². The molecule has 1 aromatic rings. The third-order valence-electron chi connectivity index (χ3n) is 4.39. The molecule has 2 N–H and O–H groups in total. The summed E-state index contributed by atoms with van der Waals surface area (Å²) in [5.74, 6) is 0.735. The Morgan fingerprint density at radius 1 is 1.24 bits per heavy atom. The first-order valence-corrected chi connectivity index (χ1v) is 10.4. The van der Waals surface area contributed by atoms with Gasteiger partial charge >= 0.3 is 0 Å². The van der Waals surface area contributed by atoms with Gasteiger partial charge in [0, 0.05) is 16.8 Å². The van der Waals surface area contributed by atoms with Crippen LogP contribution in [0.4, 0.5) is 0 Å². The second kappa shape index (κ2) is 10.2. The number of carbonyl (C=O) groups excluding carboxylic acids is 2. The van der Waals surface area contributed by atoms with E-state index in [1.165, 1.54) is 11.8 Å². The van der Waals surface area contributed by atoms with Crippen molar-refractivity contribution in [3.8, 4) is 0 Å². The highest BCUT2D eigenvalue weighted by Crippen LogP contribution is 2.24. The van der Waals surface area contributed by atoms with E-state index in [1.54, 1.807) is 12.1 Å². The third-order valence-corrected chi connectivity index (χ3v) is 5.65. The molecule has 6 heteroatoms. The molecular weight excluding hydrogens is 356 g/mol. The first-order chi connectivity index (χ1) is 12.0. The Balaban J connectivity index is 2.15. The standard InChI is InChI=1S/C19H27ClN2O2S/c1-3-5-15(6-4-2)21-18(23)17(13-7-9-14(20)10-8-13)22-16-11-12-25-19(16)24/h7-10,15-17,22H,3-6,11-12H2,1-2H3,(H,21,23). The molecule has 2 rings (SSSR count). The minimum absolute atomic E-state index is 0.0704. The molecule has 1 amide bonds. The Labute approximate surface area is 159 Å². The van der Waals surface area contributed by atoms with Gasteiger partial charge in [-0.2, -0.15) is 0 Å². The van der Waals surface area contributed by atoms with Crippen LogP contribution in [0.3, 0.4) is 0 Å². The number of thioether (sulfide) groups is 1. The van der Waals surface area contributed by atoms with Crippen LogP contribution in [-0.4, -0.2) is 28.9 Å². The van der Waals surface area contributed by atoms with Gasteiger partial charge in [0.15, 0.2) is 0 Å². The molecule has 0 aromatic heterocycles. The Kier molecular flexibility index (Phi) is 8.27. The first kappa shape index (κ1) is 20.3. The number of carbonyl (C=O) groups is 2. The van der Waals surface area contributed by atoms with Gasteiger partial charge in [-0.15, -0.1) is 0 Å². The number of benzene rings is 1. The van der Waals surface area contributed by atoms with E-state index in [1.807, 2.05) is 12.1 Å². The fraction of sp³-hybridized carbons (Fsp3) is 0.579. The maximum absolute atomic E-state index is 13.0. The van der Waals surface area contributed by atoms with E-state index in [9.17, 15) is 9.59 Å². The summed E-state index contributed by atoms with van der Waals surface area (Å²) in [7, 11) is 0. The number of nitrogens with one attached hydrogen (secondary N) is 2. The summed E-state index contributed by atoms with van der Waals surface area (Å²) >= 11 is 7.31. The smallest absolute Gasteiger partial charge is 0.241 e.